The third kappa shape index (κ3) is 2.92. The number of nitro groups is 1. The highest BCUT2D eigenvalue weighted by atomic mass is 32.2. The van der Waals surface area contributed by atoms with E-state index in [1.165, 1.54) is 0 Å². The maximum absolute atomic E-state index is 12.4. The molecule has 1 aromatic carbocycles. The van der Waals surface area contributed by atoms with Crippen molar-refractivity contribution in [1.29, 1.82) is 0 Å². The molecule has 0 aromatic heterocycles. The molecule has 1 aromatic rings. The van der Waals surface area contributed by atoms with E-state index in [0.29, 0.717) is 12.8 Å². The fourth-order valence-corrected chi connectivity index (χ4v) is 5.83. The number of carbonyl (C=O) groups excluding carboxylic acids is 1. The molecule has 0 fully saturated rings. The number of allylic oxidation sites excluding steroid dienone is 1. The van der Waals surface area contributed by atoms with E-state index >= 15 is 0 Å². The summed E-state index contributed by atoms with van der Waals surface area (Å²) in [6.07, 6.45) is 1.68. The molecule has 3 rings (SSSR count). The van der Waals surface area contributed by atoms with Crippen LogP contribution in [0.2, 0.25) is 0 Å². The molecule has 0 atom stereocenters. The number of hydrogen-bond acceptors (Lipinski definition) is 7. The van der Waals surface area contributed by atoms with Gasteiger partial charge in [0.25, 0.3) is 31.6 Å². The van der Waals surface area contributed by atoms with Gasteiger partial charge in [0, 0.05) is 17.7 Å². The molecule has 0 unspecified atom stereocenters. The van der Waals surface area contributed by atoms with Crippen LogP contribution in [0.15, 0.2) is 39.6 Å². The minimum Gasteiger partial charge on any atom is -0.267 e. The Labute approximate surface area is 143 Å². The topological polar surface area (TPSA) is 144 Å². The molecule has 1 aliphatic heterocycles. The standard InChI is InChI=1S/C13H13N3O7S2/c17-13-11-6-1-2-7-12(11)25(22,23)15(13)14-24(20,21)10-5-3-4-9(8-10)16(18)19/h3-5,8,14H,1-2,6-7H2. The van der Waals surface area contributed by atoms with Gasteiger partial charge >= 0.3 is 0 Å². The van der Waals surface area contributed by atoms with Gasteiger partial charge in [0.2, 0.25) is 0 Å². The molecule has 1 aliphatic carbocycles. The Morgan fingerprint density at radius 1 is 1.20 bits per heavy atom. The van der Waals surface area contributed by atoms with Gasteiger partial charge in [-0.25, -0.2) is 8.42 Å². The van der Waals surface area contributed by atoms with Crippen molar-refractivity contribution in [3.63, 3.8) is 0 Å². The predicted octanol–water partition coefficient (Wildman–Crippen LogP) is 0.788. The molecule has 25 heavy (non-hydrogen) atoms. The molecule has 2 aliphatic rings. The van der Waals surface area contributed by atoms with Crippen LogP contribution >= 0.6 is 0 Å². The summed E-state index contributed by atoms with van der Waals surface area (Å²) >= 11 is 0. The van der Waals surface area contributed by atoms with E-state index in [0.717, 1.165) is 24.3 Å². The van der Waals surface area contributed by atoms with Crippen molar-refractivity contribution in [1.82, 2.24) is 9.25 Å². The first-order valence-corrected chi connectivity index (χ1v) is 10.2. The lowest BCUT2D eigenvalue weighted by molar-refractivity contribution is -0.385. The van der Waals surface area contributed by atoms with Gasteiger partial charge in [0.05, 0.1) is 14.7 Å². The van der Waals surface area contributed by atoms with Gasteiger partial charge < -0.3 is 0 Å². The van der Waals surface area contributed by atoms with Gasteiger partial charge in [0.15, 0.2) is 0 Å². The van der Waals surface area contributed by atoms with E-state index in [-0.39, 0.29) is 27.7 Å². The first-order valence-electron chi connectivity index (χ1n) is 7.23. The summed E-state index contributed by atoms with van der Waals surface area (Å²) in [7, 11) is -8.77. The average molecular weight is 387 g/mol. The number of rotatable bonds is 4. The van der Waals surface area contributed by atoms with Crippen LogP contribution in [0.1, 0.15) is 25.7 Å². The SMILES string of the molecule is O=C1C2=C(CCCC2)S(=O)(=O)N1NS(=O)(=O)c1cccc([N+](=O)[O-])c1. The number of nitrogens with one attached hydrogen (secondary N) is 1. The first-order chi connectivity index (χ1) is 11.6. The Bertz CT molecular complexity index is 1010. The van der Waals surface area contributed by atoms with E-state index in [1.807, 2.05) is 0 Å². The minimum atomic E-state index is -4.50. The van der Waals surface area contributed by atoms with Crippen molar-refractivity contribution in [3.05, 3.63) is 44.9 Å². The lowest BCUT2D eigenvalue weighted by Gasteiger charge is -2.17. The highest BCUT2D eigenvalue weighted by Crippen LogP contribution is 2.37. The zero-order chi connectivity index (χ0) is 18.4. The second-order valence-corrected chi connectivity index (χ2v) is 9.00. The monoisotopic (exact) mass is 387 g/mol. The molecule has 10 nitrogen and oxygen atoms in total. The zero-order valence-corrected chi connectivity index (χ0v) is 14.3. The molecule has 12 heteroatoms. The van der Waals surface area contributed by atoms with Gasteiger partial charge in [-0.3, -0.25) is 14.9 Å². The molecule has 1 heterocycles. The number of hydrogen-bond donors (Lipinski definition) is 1. The van der Waals surface area contributed by atoms with E-state index in [1.54, 1.807) is 4.83 Å². The molecular formula is C13H13N3O7S2. The van der Waals surface area contributed by atoms with Crippen molar-refractivity contribution in [2.24, 2.45) is 0 Å². The molecule has 1 N–H and O–H groups in total. The quantitative estimate of drug-likeness (QED) is 0.594. The third-order valence-corrected chi connectivity index (χ3v) is 7.18. The number of nitro benzene ring substituents is 1. The summed E-state index contributed by atoms with van der Waals surface area (Å²) in [5, 5.41) is 10.8. The van der Waals surface area contributed by atoms with Crippen molar-refractivity contribution in [2.45, 2.75) is 30.6 Å². The molecular weight excluding hydrogens is 374 g/mol. The number of benzene rings is 1. The molecule has 1 amide bonds. The summed E-state index contributed by atoms with van der Waals surface area (Å²) in [5.41, 5.74) is -0.385. The van der Waals surface area contributed by atoms with E-state index < -0.39 is 41.5 Å². The first kappa shape index (κ1) is 17.5. The summed E-state index contributed by atoms with van der Waals surface area (Å²) in [6.45, 7) is 0. The molecule has 0 radical (unpaired) electrons. The van der Waals surface area contributed by atoms with Crippen molar-refractivity contribution in [3.8, 4) is 0 Å². The number of hydrazine groups is 1. The second kappa shape index (κ2) is 5.89. The highest BCUT2D eigenvalue weighted by Gasteiger charge is 2.46. The maximum Gasteiger partial charge on any atom is 0.280 e. The van der Waals surface area contributed by atoms with Gasteiger partial charge in [0.1, 0.15) is 0 Å². The molecule has 0 saturated heterocycles. The number of carbonyl (C=O) groups is 1. The van der Waals surface area contributed by atoms with Gasteiger partial charge in [-0.05, 0) is 31.7 Å². The van der Waals surface area contributed by atoms with Gasteiger partial charge in [-0.2, -0.15) is 8.42 Å². The number of non-ortho nitro benzene ring substituents is 1. The van der Waals surface area contributed by atoms with Crippen LogP contribution in [0.25, 0.3) is 0 Å². The minimum absolute atomic E-state index is 0.0644. The Morgan fingerprint density at radius 2 is 1.88 bits per heavy atom. The van der Waals surface area contributed by atoms with Crippen LogP contribution < -0.4 is 4.83 Å². The molecule has 134 valence electrons. The Balaban J connectivity index is 1.96. The van der Waals surface area contributed by atoms with Crippen LogP contribution in [0.3, 0.4) is 0 Å². The van der Waals surface area contributed by atoms with E-state index in [4.69, 9.17) is 0 Å². The van der Waals surface area contributed by atoms with Crippen LogP contribution in [-0.2, 0) is 24.8 Å². The zero-order valence-electron chi connectivity index (χ0n) is 12.7. The highest BCUT2D eigenvalue weighted by molar-refractivity contribution is 7.95. The van der Waals surface area contributed by atoms with Gasteiger partial charge in [-0.1, -0.05) is 6.07 Å². The Hall–Kier alpha value is -2.31. The molecule has 0 spiro atoms. The van der Waals surface area contributed by atoms with Crippen molar-refractivity contribution >= 4 is 31.6 Å². The predicted molar refractivity (Wildman–Crippen MR) is 84.7 cm³/mol. The lowest BCUT2D eigenvalue weighted by atomic mass is 9.99. The molecule has 0 bridgehead atoms. The fourth-order valence-electron chi connectivity index (χ4n) is 2.75. The van der Waals surface area contributed by atoms with Crippen LogP contribution in [0.4, 0.5) is 5.69 Å². The van der Waals surface area contributed by atoms with Crippen LogP contribution in [0.5, 0.6) is 0 Å². The summed E-state index contributed by atoms with van der Waals surface area (Å²) < 4.78 is 49.8. The second-order valence-electron chi connectivity index (χ2n) is 5.53. The largest absolute Gasteiger partial charge is 0.280 e. The number of amides is 1. The summed E-state index contributed by atoms with van der Waals surface area (Å²) in [6, 6.07) is 4.09. The third-order valence-electron chi connectivity index (χ3n) is 3.95. The van der Waals surface area contributed by atoms with Crippen LogP contribution in [0, 0.1) is 10.1 Å². The Morgan fingerprint density at radius 3 is 2.52 bits per heavy atom. The Kier molecular flexibility index (Phi) is 4.13. The molecule has 0 saturated carbocycles. The van der Waals surface area contributed by atoms with E-state index in [9.17, 15) is 31.7 Å². The maximum atomic E-state index is 12.4. The normalized spacial score (nSPS) is 19.8. The van der Waals surface area contributed by atoms with Gasteiger partial charge in [-0.15, -0.1) is 9.25 Å². The summed E-state index contributed by atoms with van der Waals surface area (Å²) in [4.78, 5) is 23.4. The average Bonchev–Trinajstić information content (AvgIpc) is 2.76. The van der Waals surface area contributed by atoms with Crippen LogP contribution in [-0.4, -0.2) is 32.1 Å². The summed E-state index contributed by atoms with van der Waals surface area (Å²) in [5.74, 6) is -0.927. The smallest absolute Gasteiger partial charge is 0.267 e. The number of sulfonamides is 2. The van der Waals surface area contributed by atoms with E-state index in [2.05, 4.69) is 0 Å². The fraction of sp³-hybridized carbons (Fsp3) is 0.308. The lowest BCUT2D eigenvalue weighted by Crippen LogP contribution is -2.46. The number of nitrogens with zero attached hydrogens (tertiary/aromatic N) is 2. The van der Waals surface area contributed by atoms with Crippen molar-refractivity contribution in [2.75, 3.05) is 0 Å². The van der Waals surface area contributed by atoms with Crippen molar-refractivity contribution < 1.29 is 26.6 Å².